The number of hydrogen-bond acceptors (Lipinski definition) is 2. The van der Waals surface area contributed by atoms with Gasteiger partial charge in [0.25, 0.3) is 0 Å². The number of nitrogens with one attached hydrogen (secondary N) is 1. The van der Waals surface area contributed by atoms with Crippen molar-refractivity contribution in [2.24, 2.45) is 0 Å². The van der Waals surface area contributed by atoms with Crippen LogP contribution < -0.4 is 5.32 Å². The lowest BCUT2D eigenvalue weighted by Crippen LogP contribution is -2.08. The molecule has 1 amide bonds. The van der Waals surface area contributed by atoms with Crippen molar-refractivity contribution in [2.75, 3.05) is 5.32 Å². The molecular weight excluding hydrogens is 318 g/mol. The van der Waals surface area contributed by atoms with Crippen molar-refractivity contribution in [3.05, 3.63) is 57.9 Å². The number of halogens is 2. The molecule has 0 atom stereocenters. The molecular formula is C13H9BrClNO2. The Hall–Kier alpha value is -1.52. The summed E-state index contributed by atoms with van der Waals surface area (Å²) in [5, 5.41) is 3.17. The van der Waals surface area contributed by atoms with Crippen molar-refractivity contribution in [2.45, 2.75) is 0 Å². The highest BCUT2D eigenvalue weighted by Gasteiger charge is 2.03. The number of hydrogen-bond donors (Lipinski definition) is 1. The standard InChI is InChI=1S/C13H9BrClNO2/c14-9-3-5-11(15)12(8-9)16-13(17)6-4-10-2-1-7-18-10/h1-8H,(H,16,17). The van der Waals surface area contributed by atoms with E-state index in [1.165, 1.54) is 6.08 Å². The Morgan fingerprint density at radius 2 is 2.22 bits per heavy atom. The normalized spacial score (nSPS) is 10.8. The molecule has 1 aromatic heterocycles. The monoisotopic (exact) mass is 325 g/mol. The van der Waals surface area contributed by atoms with Gasteiger partial charge in [0.1, 0.15) is 5.76 Å². The Morgan fingerprint density at radius 3 is 2.94 bits per heavy atom. The van der Waals surface area contributed by atoms with Gasteiger partial charge in [0.2, 0.25) is 5.91 Å². The average molecular weight is 327 g/mol. The molecule has 5 heteroatoms. The Kier molecular flexibility index (Phi) is 4.23. The highest BCUT2D eigenvalue weighted by molar-refractivity contribution is 9.10. The van der Waals surface area contributed by atoms with Crippen LogP contribution in [0.3, 0.4) is 0 Å². The van der Waals surface area contributed by atoms with Crippen LogP contribution in [-0.4, -0.2) is 5.91 Å². The van der Waals surface area contributed by atoms with E-state index in [0.29, 0.717) is 16.5 Å². The highest BCUT2D eigenvalue weighted by atomic mass is 79.9. The quantitative estimate of drug-likeness (QED) is 0.852. The Morgan fingerprint density at radius 1 is 1.39 bits per heavy atom. The zero-order chi connectivity index (χ0) is 13.0. The number of furan rings is 1. The fraction of sp³-hybridized carbons (Fsp3) is 0. The molecule has 3 nitrogen and oxygen atoms in total. The molecule has 0 aliphatic rings. The van der Waals surface area contributed by atoms with Gasteiger partial charge in [-0.05, 0) is 36.4 Å². The topological polar surface area (TPSA) is 42.2 Å². The summed E-state index contributed by atoms with van der Waals surface area (Å²) in [7, 11) is 0. The molecule has 2 aromatic rings. The lowest BCUT2D eigenvalue weighted by Gasteiger charge is -2.04. The summed E-state index contributed by atoms with van der Waals surface area (Å²) < 4.78 is 5.92. The van der Waals surface area contributed by atoms with Crippen LogP contribution in [0.4, 0.5) is 5.69 Å². The van der Waals surface area contributed by atoms with Crippen LogP contribution in [0.2, 0.25) is 5.02 Å². The summed E-state index contributed by atoms with van der Waals surface area (Å²) >= 11 is 9.28. The largest absolute Gasteiger partial charge is 0.465 e. The summed E-state index contributed by atoms with van der Waals surface area (Å²) in [5.74, 6) is 0.344. The van der Waals surface area contributed by atoms with Gasteiger partial charge < -0.3 is 9.73 Å². The predicted molar refractivity (Wildman–Crippen MR) is 75.5 cm³/mol. The van der Waals surface area contributed by atoms with Crippen LogP contribution in [0, 0.1) is 0 Å². The molecule has 0 radical (unpaired) electrons. The van der Waals surface area contributed by atoms with Crippen LogP contribution in [0.25, 0.3) is 6.08 Å². The maximum Gasteiger partial charge on any atom is 0.248 e. The third-order valence-electron chi connectivity index (χ3n) is 2.13. The summed E-state index contributed by atoms with van der Waals surface area (Å²) in [5.41, 5.74) is 0.556. The van der Waals surface area contributed by atoms with E-state index in [2.05, 4.69) is 21.2 Å². The van der Waals surface area contributed by atoms with Gasteiger partial charge in [-0.2, -0.15) is 0 Å². The number of rotatable bonds is 3. The minimum absolute atomic E-state index is 0.272. The van der Waals surface area contributed by atoms with Gasteiger partial charge in [-0.25, -0.2) is 0 Å². The van der Waals surface area contributed by atoms with Crippen molar-refractivity contribution in [3.8, 4) is 0 Å². The molecule has 0 bridgehead atoms. The molecule has 0 aliphatic carbocycles. The lowest BCUT2D eigenvalue weighted by atomic mass is 10.3. The SMILES string of the molecule is O=C(C=Cc1ccco1)Nc1cc(Br)ccc1Cl. The minimum Gasteiger partial charge on any atom is -0.465 e. The fourth-order valence-corrected chi connectivity index (χ4v) is 1.84. The molecule has 0 saturated heterocycles. The van der Waals surface area contributed by atoms with Crippen molar-refractivity contribution in [1.29, 1.82) is 0 Å². The number of anilines is 1. The molecule has 1 heterocycles. The number of carbonyl (C=O) groups excluding carboxylic acids is 1. The lowest BCUT2D eigenvalue weighted by molar-refractivity contribution is -0.111. The second kappa shape index (κ2) is 5.89. The van der Waals surface area contributed by atoms with Gasteiger partial charge in [0, 0.05) is 10.5 Å². The Balaban J connectivity index is 2.05. The first-order valence-corrected chi connectivity index (χ1v) is 6.30. The molecule has 2 rings (SSSR count). The van der Waals surface area contributed by atoms with Crippen molar-refractivity contribution in [3.63, 3.8) is 0 Å². The average Bonchev–Trinajstić information content (AvgIpc) is 2.84. The van der Waals surface area contributed by atoms with Gasteiger partial charge in [-0.1, -0.05) is 27.5 Å². The van der Waals surface area contributed by atoms with Gasteiger partial charge in [0.15, 0.2) is 0 Å². The molecule has 0 unspecified atom stereocenters. The smallest absolute Gasteiger partial charge is 0.248 e. The predicted octanol–water partition coefficient (Wildman–Crippen LogP) is 4.35. The first kappa shape index (κ1) is 12.9. The zero-order valence-corrected chi connectivity index (χ0v) is 11.5. The number of amides is 1. The fourth-order valence-electron chi connectivity index (χ4n) is 1.31. The van der Waals surface area contributed by atoms with Crippen molar-refractivity contribution >= 4 is 45.2 Å². The molecule has 92 valence electrons. The van der Waals surface area contributed by atoms with Crippen molar-refractivity contribution in [1.82, 2.24) is 0 Å². The Bertz CT molecular complexity index is 579. The zero-order valence-electron chi connectivity index (χ0n) is 9.19. The summed E-state index contributed by atoms with van der Waals surface area (Å²) in [6.45, 7) is 0. The number of benzene rings is 1. The molecule has 1 N–H and O–H groups in total. The van der Waals surface area contributed by atoms with E-state index in [-0.39, 0.29) is 5.91 Å². The van der Waals surface area contributed by atoms with E-state index in [9.17, 15) is 4.79 Å². The van der Waals surface area contributed by atoms with Crippen LogP contribution in [0.1, 0.15) is 5.76 Å². The summed E-state index contributed by atoms with van der Waals surface area (Å²) in [6.07, 6.45) is 4.51. The molecule has 1 aromatic carbocycles. The minimum atomic E-state index is -0.272. The third kappa shape index (κ3) is 3.48. The first-order chi connectivity index (χ1) is 8.65. The van der Waals surface area contributed by atoms with E-state index in [1.807, 2.05) is 0 Å². The van der Waals surface area contributed by atoms with E-state index < -0.39 is 0 Å². The number of carbonyl (C=O) groups is 1. The van der Waals surface area contributed by atoms with Crippen LogP contribution >= 0.6 is 27.5 Å². The van der Waals surface area contributed by atoms with Gasteiger partial charge in [-0.15, -0.1) is 0 Å². The van der Waals surface area contributed by atoms with Crippen molar-refractivity contribution < 1.29 is 9.21 Å². The van der Waals surface area contributed by atoms with E-state index in [4.69, 9.17) is 16.0 Å². The van der Waals surface area contributed by atoms with E-state index in [1.54, 1.807) is 42.7 Å². The van der Waals surface area contributed by atoms with Gasteiger partial charge in [-0.3, -0.25) is 4.79 Å². The van der Waals surface area contributed by atoms with E-state index in [0.717, 1.165) is 4.47 Å². The molecule has 0 fully saturated rings. The van der Waals surface area contributed by atoms with E-state index >= 15 is 0 Å². The third-order valence-corrected chi connectivity index (χ3v) is 2.95. The Labute approximate surface area is 118 Å². The molecule has 0 spiro atoms. The summed E-state index contributed by atoms with van der Waals surface area (Å²) in [4.78, 5) is 11.7. The van der Waals surface area contributed by atoms with Crippen LogP contribution in [0.5, 0.6) is 0 Å². The first-order valence-electron chi connectivity index (χ1n) is 5.13. The van der Waals surface area contributed by atoms with Gasteiger partial charge >= 0.3 is 0 Å². The summed E-state index contributed by atoms with van der Waals surface area (Å²) in [6, 6.07) is 8.76. The molecule has 0 aliphatic heterocycles. The molecule has 0 saturated carbocycles. The van der Waals surface area contributed by atoms with Gasteiger partial charge in [0.05, 0.1) is 17.0 Å². The van der Waals surface area contributed by atoms with Crippen LogP contribution in [0.15, 0.2) is 51.6 Å². The second-order valence-corrected chi connectivity index (χ2v) is 4.79. The molecule has 18 heavy (non-hydrogen) atoms. The highest BCUT2D eigenvalue weighted by Crippen LogP contribution is 2.25. The van der Waals surface area contributed by atoms with Crippen LogP contribution in [-0.2, 0) is 4.79 Å². The second-order valence-electron chi connectivity index (χ2n) is 3.46. The maximum absolute atomic E-state index is 11.7. The maximum atomic E-state index is 11.7.